The van der Waals surface area contributed by atoms with Crippen molar-refractivity contribution in [3.63, 3.8) is 0 Å². The first kappa shape index (κ1) is 11.5. The Morgan fingerprint density at radius 1 is 1.43 bits per heavy atom. The maximum Gasteiger partial charge on any atom is 0.224 e. The molecular weight excluding hydrogens is 178 g/mol. The molecule has 0 bridgehead atoms. The summed E-state index contributed by atoms with van der Waals surface area (Å²) >= 11 is 0. The van der Waals surface area contributed by atoms with Crippen molar-refractivity contribution in [2.24, 2.45) is 5.92 Å². The highest BCUT2D eigenvalue weighted by molar-refractivity contribution is 5.76. The SMILES string of the molecule is CCC1CC[C@@H](CC(=O)N(C)C)OC1. The van der Waals surface area contributed by atoms with Crippen molar-refractivity contribution in [3.8, 4) is 0 Å². The third-order valence-electron chi connectivity index (χ3n) is 2.94. The molecule has 0 aromatic rings. The van der Waals surface area contributed by atoms with E-state index >= 15 is 0 Å². The van der Waals surface area contributed by atoms with E-state index in [0.717, 1.165) is 13.0 Å². The molecule has 0 radical (unpaired) electrons. The zero-order valence-electron chi connectivity index (χ0n) is 9.45. The van der Waals surface area contributed by atoms with Crippen LogP contribution in [0.5, 0.6) is 0 Å². The van der Waals surface area contributed by atoms with Crippen LogP contribution in [0.25, 0.3) is 0 Å². The number of ether oxygens (including phenoxy) is 1. The quantitative estimate of drug-likeness (QED) is 0.692. The second-order valence-corrected chi connectivity index (χ2v) is 4.30. The minimum absolute atomic E-state index is 0.160. The van der Waals surface area contributed by atoms with Crippen molar-refractivity contribution in [1.29, 1.82) is 0 Å². The van der Waals surface area contributed by atoms with Crippen molar-refractivity contribution in [3.05, 3.63) is 0 Å². The van der Waals surface area contributed by atoms with Crippen molar-refractivity contribution in [1.82, 2.24) is 4.90 Å². The molecule has 3 nitrogen and oxygen atoms in total. The summed E-state index contributed by atoms with van der Waals surface area (Å²) in [4.78, 5) is 13.0. The van der Waals surface area contributed by atoms with E-state index in [-0.39, 0.29) is 12.0 Å². The molecule has 0 saturated carbocycles. The summed E-state index contributed by atoms with van der Waals surface area (Å²) in [6.45, 7) is 3.03. The monoisotopic (exact) mass is 199 g/mol. The number of rotatable bonds is 3. The summed E-state index contributed by atoms with van der Waals surface area (Å²) in [6, 6.07) is 0. The van der Waals surface area contributed by atoms with Gasteiger partial charge in [-0.1, -0.05) is 13.3 Å². The molecule has 1 amide bonds. The van der Waals surface area contributed by atoms with E-state index in [1.165, 1.54) is 12.8 Å². The Balaban J connectivity index is 2.25. The van der Waals surface area contributed by atoms with Crippen molar-refractivity contribution >= 4 is 5.91 Å². The minimum atomic E-state index is 0.160. The molecule has 1 aliphatic rings. The number of hydrogen-bond donors (Lipinski definition) is 0. The van der Waals surface area contributed by atoms with Crippen molar-refractivity contribution in [2.75, 3.05) is 20.7 Å². The van der Waals surface area contributed by atoms with Crippen LogP contribution in [0.15, 0.2) is 0 Å². The van der Waals surface area contributed by atoms with Crippen LogP contribution in [-0.2, 0) is 9.53 Å². The average molecular weight is 199 g/mol. The highest BCUT2D eigenvalue weighted by atomic mass is 16.5. The standard InChI is InChI=1S/C11H21NO2/c1-4-9-5-6-10(14-8-9)7-11(13)12(2)3/h9-10H,4-8H2,1-3H3/t9?,10-/m0/s1. The first-order valence-corrected chi connectivity index (χ1v) is 5.45. The third-order valence-corrected chi connectivity index (χ3v) is 2.94. The smallest absolute Gasteiger partial charge is 0.224 e. The third kappa shape index (κ3) is 3.29. The molecule has 0 N–H and O–H groups in total. The van der Waals surface area contributed by atoms with Gasteiger partial charge < -0.3 is 9.64 Å². The Labute approximate surface area is 86.4 Å². The van der Waals surface area contributed by atoms with Crippen LogP contribution in [0.4, 0.5) is 0 Å². The predicted molar refractivity (Wildman–Crippen MR) is 56.1 cm³/mol. The van der Waals surface area contributed by atoms with Gasteiger partial charge in [0.2, 0.25) is 5.91 Å². The van der Waals surface area contributed by atoms with E-state index in [0.29, 0.717) is 12.3 Å². The molecule has 0 aromatic heterocycles. The van der Waals surface area contributed by atoms with Crippen molar-refractivity contribution < 1.29 is 9.53 Å². The molecule has 1 unspecified atom stereocenters. The molecule has 2 atom stereocenters. The molecule has 0 aromatic carbocycles. The molecule has 0 spiro atoms. The number of carbonyl (C=O) groups is 1. The highest BCUT2D eigenvalue weighted by Gasteiger charge is 2.22. The molecule has 3 heteroatoms. The number of carbonyl (C=O) groups excluding carboxylic acids is 1. The summed E-state index contributed by atoms with van der Waals surface area (Å²) in [5.41, 5.74) is 0. The zero-order chi connectivity index (χ0) is 10.6. The second kappa shape index (κ2) is 5.35. The molecule has 1 aliphatic heterocycles. The zero-order valence-corrected chi connectivity index (χ0v) is 9.45. The number of hydrogen-bond acceptors (Lipinski definition) is 2. The van der Waals surface area contributed by atoms with Crippen LogP contribution in [0.3, 0.4) is 0 Å². The van der Waals surface area contributed by atoms with Gasteiger partial charge in [0.15, 0.2) is 0 Å². The molecule has 1 saturated heterocycles. The molecule has 82 valence electrons. The van der Waals surface area contributed by atoms with Crippen LogP contribution in [0.2, 0.25) is 0 Å². The lowest BCUT2D eigenvalue weighted by atomic mass is 9.95. The van der Waals surface area contributed by atoms with Gasteiger partial charge in [0.25, 0.3) is 0 Å². The Morgan fingerprint density at radius 2 is 2.14 bits per heavy atom. The average Bonchev–Trinajstić information content (AvgIpc) is 2.19. The van der Waals surface area contributed by atoms with E-state index in [4.69, 9.17) is 4.74 Å². The molecule has 0 aliphatic carbocycles. The van der Waals surface area contributed by atoms with Gasteiger partial charge in [-0.3, -0.25) is 4.79 Å². The second-order valence-electron chi connectivity index (χ2n) is 4.30. The van der Waals surface area contributed by atoms with Crippen LogP contribution in [-0.4, -0.2) is 37.6 Å². The lowest BCUT2D eigenvalue weighted by molar-refractivity contribution is -0.133. The van der Waals surface area contributed by atoms with Gasteiger partial charge >= 0.3 is 0 Å². The topological polar surface area (TPSA) is 29.5 Å². The first-order valence-electron chi connectivity index (χ1n) is 5.45. The Kier molecular flexibility index (Phi) is 4.39. The van der Waals surface area contributed by atoms with E-state index in [1.807, 2.05) is 0 Å². The normalized spacial score (nSPS) is 27.4. The van der Waals surface area contributed by atoms with Gasteiger partial charge in [0.05, 0.1) is 12.5 Å². The fraction of sp³-hybridized carbons (Fsp3) is 0.909. The van der Waals surface area contributed by atoms with Gasteiger partial charge in [0, 0.05) is 20.7 Å². The molecular formula is C11H21NO2. The van der Waals surface area contributed by atoms with Crippen LogP contribution < -0.4 is 0 Å². The van der Waals surface area contributed by atoms with Gasteiger partial charge in [0.1, 0.15) is 0 Å². The van der Waals surface area contributed by atoms with Gasteiger partial charge in [-0.25, -0.2) is 0 Å². The summed E-state index contributed by atoms with van der Waals surface area (Å²) in [6.07, 6.45) is 4.14. The first-order chi connectivity index (χ1) is 6.63. The minimum Gasteiger partial charge on any atom is -0.377 e. The lowest BCUT2D eigenvalue weighted by Gasteiger charge is -2.28. The van der Waals surface area contributed by atoms with E-state index < -0.39 is 0 Å². The largest absolute Gasteiger partial charge is 0.377 e. The lowest BCUT2D eigenvalue weighted by Crippen LogP contribution is -2.32. The number of amides is 1. The maximum atomic E-state index is 11.4. The Hall–Kier alpha value is -0.570. The van der Waals surface area contributed by atoms with Crippen molar-refractivity contribution in [2.45, 2.75) is 38.7 Å². The summed E-state index contributed by atoms with van der Waals surface area (Å²) < 4.78 is 5.65. The fourth-order valence-electron chi connectivity index (χ4n) is 1.72. The van der Waals surface area contributed by atoms with Crippen LogP contribution in [0.1, 0.15) is 32.6 Å². The van der Waals surface area contributed by atoms with Gasteiger partial charge in [-0.2, -0.15) is 0 Å². The summed E-state index contributed by atoms with van der Waals surface area (Å²) in [7, 11) is 3.58. The van der Waals surface area contributed by atoms with Gasteiger partial charge in [-0.05, 0) is 18.8 Å². The maximum absolute atomic E-state index is 11.4. The summed E-state index contributed by atoms with van der Waals surface area (Å²) in [5, 5.41) is 0. The Morgan fingerprint density at radius 3 is 2.57 bits per heavy atom. The highest BCUT2D eigenvalue weighted by Crippen LogP contribution is 2.23. The van der Waals surface area contributed by atoms with Crippen LogP contribution >= 0.6 is 0 Å². The molecule has 14 heavy (non-hydrogen) atoms. The van der Waals surface area contributed by atoms with Gasteiger partial charge in [-0.15, -0.1) is 0 Å². The number of nitrogens with zero attached hydrogens (tertiary/aromatic N) is 1. The molecule has 1 heterocycles. The van der Waals surface area contributed by atoms with Crippen LogP contribution in [0, 0.1) is 5.92 Å². The fourth-order valence-corrected chi connectivity index (χ4v) is 1.72. The Bertz CT molecular complexity index is 184. The molecule has 1 fully saturated rings. The predicted octanol–water partition coefficient (Wildman–Crippen LogP) is 1.67. The summed E-state index contributed by atoms with van der Waals surface area (Å²) in [5.74, 6) is 0.880. The van der Waals surface area contributed by atoms with E-state index in [1.54, 1.807) is 19.0 Å². The van der Waals surface area contributed by atoms with E-state index in [9.17, 15) is 4.79 Å². The molecule has 1 rings (SSSR count). The van der Waals surface area contributed by atoms with E-state index in [2.05, 4.69) is 6.92 Å².